The highest BCUT2D eigenvalue weighted by molar-refractivity contribution is 6.30. The molecule has 1 aromatic rings. The van der Waals surface area contributed by atoms with E-state index in [0.717, 1.165) is 38.4 Å². The minimum Gasteiger partial charge on any atom is -0.379 e. The van der Waals surface area contributed by atoms with Crippen molar-refractivity contribution in [3.05, 3.63) is 34.9 Å². The number of halogens is 1. The van der Waals surface area contributed by atoms with Gasteiger partial charge in [0.05, 0.1) is 19.1 Å². The Morgan fingerprint density at radius 3 is 2.64 bits per heavy atom. The average molecular weight is 366 g/mol. The SMILES string of the molecule is O=C(NCc1ccc(Cl)cc1)C1CC(=O)N(CCN2CCOCC2)C1. The summed E-state index contributed by atoms with van der Waals surface area (Å²) >= 11 is 5.86. The van der Waals surface area contributed by atoms with E-state index in [1.165, 1.54) is 0 Å². The molecule has 1 unspecified atom stereocenters. The van der Waals surface area contributed by atoms with Gasteiger partial charge in [-0.25, -0.2) is 0 Å². The van der Waals surface area contributed by atoms with Crippen LogP contribution in [-0.2, 0) is 20.9 Å². The number of nitrogens with one attached hydrogen (secondary N) is 1. The van der Waals surface area contributed by atoms with Gasteiger partial charge in [0.25, 0.3) is 0 Å². The minimum atomic E-state index is -0.260. The van der Waals surface area contributed by atoms with Crippen LogP contribution in [0.4, 0.5) is 0 Å². The summed E-state index contributed by atoms with van der Waals surface area (Å²) in [7, 11) is 0. The fraction of sp³-hybridized carbons (Fsp3) is 0.556. The number of benzene rings is 1. The number of carbonyl (C=O) groups is 2. The van der Waals surface area contributed by atoms with E-state index in [1.807, 2.05) is 17.0 Å². The molecule has 136 valence electrons. The number of rotatable bonds is 6. The van der Waals surface area contributed by atoms with E-state index in [1.54, 1.807) is 12.1 Å². The van der Waals surface area contributed by atoms with Gasteiger partial charge in [-0.1, -0.05) is 23.7 Å². The molecule has 1 atom stereocenters. The molecule has 2 aliphatic heterocycles. The van der Waals surface area contributed by atoms with Gasteiger partial charge in [-0.2, -0.15) is 0 Å². The van der Waals surface area contributed by atoms with E-state index in [9.17, 15) is 9.59 Å². The molecule has 2 heterocycles. The summed E-state index contributed by atoms with van der Waals surface area (Å²) in [5.41, 5.74) is 0.992. The Hall–Kier alpha value is -1.63. The molecule has 3 rings (SSSR count). The molecular formula is C18H24ClN3O3. The van der Waals surface area contributed by atoms with Gasteiger partial charge < -0.3 is 15.0 Å². The third kappa shape index (κ3) is 5.17. The Morgan fingerprint density at radius 2 is 1.92 bits per heavy atom. The van der Waals surface area contributed by atoms with Crippen LogP contribution in [0.15, 0.2) is 24.3 Å². The number of ether oxygens (including phenoxy) is 1. The molecule has 6 nitrogen and oxygen atoms in total. The molecule has 0 spiro atoms. The van der Waals surface area contributed by atoms with E-state index >= 15 is 0 Å². The number of likely N-dealkylation sites (tertiary alicyclic amines) is 1. The van der Waals surface area contributed by atoms with Gasteiger partial charge in [0.1, 0.15) is 0 Å². The molecule has 2 amide bonds. The van der Waals surface area contributed by atoms with Crippen LogP contribution in [0.3, 0.4) is 0 Å². The normalized spacial score (nSPS) is 21.6. The van der Waals surface area contributed by atoms with E-state index in [-0.39, 0.29) is 17.7 Å². The van der Waals surface area contributed by atoms with Crippen molar-refractivity contribution in [2.45, 2.75) is 13.0 Å². The summed E-state index contributed by atoms with van der Waals surface area (Å²) in [6.45, 7) is 5.81. The van der Waals surface area contributed by atoms with Crippen molar-refractivity contribution in [2.24, 2.45) is 5.92 Å². The zero-order valence-electron chi connectivity index (χ0n) is 14.2. The van der Waals surface area contributed by atoms with Crippen LogP contribution in [0.1, 0.15) is 12.0 Å². The molecule has 2 aliphatic rings. The van der Waals surface area contributed by atoms with Gasteiger partial charge in [0.2, 0.25) is 11.8 Å². The molecule has 1 aromatic carbocycles. The van der Waals surface area contributed by atoms with Crippen LogP contribution in [-0.4, -0.2) is 67.6 Å². The Kier molecular flexibility index (Phi) is 6.29. The monoisotopic (exact) mass is 365 g/mol. The second-order valence-electron chi connectivity index (χ2n) is 6.54. The Labute approximate surface area is 153 Å². The number of amides is 2. The molecule has 2 fully saturated rings. The van der Waals surface area contributed by atoms with Gasteiger partial charge in [0.15, 0.2) is 0 Å². The van der Waals surface area contributed by atoms with Gasteiger partial charge in [-0.05, 0) is 17.7 Å². The van der Waals surface area contributed by atoms with Crippen molar-refractivity contribution in [3.8, 4) is 0 Å². The van der Waals surface area contributed by atoms with Crippen molar-refractivity contribution in [1.29, 1.82) is 0 Å². The molecule has 1 N–H and O–H groups in total. The van der Waals surface area contributed by atoms with Crippen molar-refractivity contribution >= 4 is 23.4 Å². The first-order chi connectivity index (χ1) is 12.1. The topological polar surface area (TPSA) is 61.9 Å². The first-order valence-electron chi connectivity index (χ1n) is 8.72. The van der Waals surface area contributed by atoms with Gasteiger partial charge in [-0.3, -0.25) is 14.5 Å². The zero-order valence-corrected chi connectivity index (χ0v) is 15.0. The summed E-state index contributed by atoms with van der Waals surface area (Å²) in [5, 5.41) is 3.59. The molecule has 7 heteroatoms. The number of carbonyl (C=O) groups excluding carboxylic acids is 2. The third-order valence-electron chi connectivity index (χ3n) is 4.76. The maximum absolute atomic E-state index is 12.3. The number of hydrogen-bond acceptors (Lipinski definition) is 4. The minimum absolute atomic E-state index is 0.0582. The maximum Gasteiger partial charge on any atom is 0.225 e. The lowest BCUT2D eigenvalue weighted by molar-refractivity contribution is -0.129. The fourth-order valence-electron chi connectivity index (χ4n) is 3.19. The van der Waals surface area contributed by atoms with Crippen LogP contribution in [0, 0.1) is 5.92 Å². The zero-order chi connectivity index (χ0) is 17.6. The second kappa shape index (κ2) is 8.65. The quantitative estimate of drug-likeness (QED) is 0.821. The summed E-state index contributed by atoms with van der Waals surface area (Å²) in [4.78, 5) is 28.6. The first kappa shape index (κ1) is 18.2. The van der Waals surface area contributed by atoms with Crippen LogP contribution in [0.5, 0.6) is 0 Å². The molecule has 2 saturated heterocycles. The third-order valence-corrected chi connectivity index (χ3v) is 5.01. The van der Waals surface area contributed by atoms with E-state index < -0.39 is 0 Å². The number of nitrogens with zero attached hydrogens (tertiary/aromatic N) is 2. The smallest absolute Gasteiger partial charge is 0.225 e. The van der Waals surface area contributed by atoms with Crippen molar-refractivity contribution in [3.63, 3.8) is 0 Å². The molecular weight excluding hydrogens is 342 g/mol. The van der Waals surface area contributed by atoms with Crippen LogP contribution in [0.2, 0.25) is 5.02 Å². The molecule has 0 aliphatic carbocycles. The molecule has 0 radical (unpaired) electrons. The summed E-state index contributed by atoms with van der Waals surface area (Å²) in [5.74, 6) is -0.249. The average Bonchev–Trinajstić information content (AvgIpc) is 3.01. The largest absolute Gasteiger partial charge is 0.379 e. The lowest BCUT2D eigenvalue weighted by Gasteiger charge is -2.28. The summed E-state index contributed by atoms with van der Waals surface area (Å²) in [6, 6.07) is 7.37. The number of morpholine rings is 1. The van der Waals surface area contributed by atoms with Crippen LogP contribution >= 0.6 is 11.6 Å². The molecule has 0 bridgehead atoms. The van der Waals surface area contributed by atoms with Gasteiger partial charge in [-0.15, -0.1) is 0 Å². The number of hydrogen-bond donors (Lipinski definition) is 1. The second-order valence-corrected chi connectivity index (χ2v) is 6.98. The van der Waals surface area contributed by atoms with Crippen molar-refractivity contribution < 1.29 is 14.3 Å². The fourth-order valence-corrected chi connectivity index (χ4v) is 3.31. The Bertz CT molecular complexity index is 602. The summed E-state index contributed by atoms with van der Waals surface area (Å²) in [6.07, 6.45) is 0.301. The van der Waals surface area contributed by atoms with Crippen LogP contribution in [0.25, 0.3) is 0 Å². The lowest BCUT2D eigenvalue weighted by Crippen LogP contribution is -2.42. The van der Waals surface area contributed by atoms with E-state index in [2.05, 4.69) is 10.2 Å². The maximum atomic E-state index is 12.3. The lowest BCUT2D eigenvalue weighted by atomic mass is 10.1. The predicted octanol–water partition coefficient (Wildman–Crippen LogP) is 1.14. The van der Waals surface area contributed by atoms with Gasteiger partial charge in [0, 0.05) is 50.7 Å². The molecule has 0 aromatic heterocycles. The predicted molar refractivity (Wildman–Crippen MR) is 95.2 cm³/mol. The highest BCUT2D eigenvalue weighted by Gasteiger charge is 2.34. The van der Waals surface area contributed by atoms with Crippen molar-refractivity contribution in [1.82, 2.24) is 15.1 Å². The standard InChI is InChI=1S/C18H24ClN3O3/c19-16-3-1-14(2-4-16)12-20-18(24)15-11-17(23)22(13-15)6-5-21-7-9-25-10-8-21/h1-4,15H,5-13H2,(H,20,24). The van der Waals surface area contributed by atoms with E-state index in [4.69, 9.17) is 16.3 Å². The van der Waals surface area contributed by atoms with Crippen LogP contribution < -0.4 is 5.32 Å². The molecule has 0 saturated carbocycles. The van der Waals surface area contributed by atoms with Crippen molar-refractivity contribution in [2.75, 3.05) is 45.9 Å². The first-order valence-corrected chi connectivity index (χ1v) is 9.09. The molecule has 25 heavy (non-hydrogen) atoms. The Morgan fingerprint density at radius 1 is 1.20 bits per heavy atom. The summed E-state index contributed by atoms with van der Waals surface area (Å²) < 4.78 is 5.33. The van der Waals surface area contributed by atoms with Gasteiger partial charge >= 0.3 is 0 Å². The Balaban J connectivity index is 1.42. The van der Waals surface area contributed by atoms with E-state index in [0.29, 0.717) is 31.1 Å². The highest BCUT2D eigenvalue weighted by atomic mass is 35.5. The highest BCUT2D eigenvalue weighted by Crippen LogP contribution is 2.18.